The van der Waals surface area contributed by atoms with E-state index in [4.69, 9.17) is 0 Å². The predicted molar refractivity (Wildman–Crippen MR) is 86.2 cm³/mol. The summed E-state index contributed by atoms with van der Waals surface area (Å²) in [6.45, 7) is 6.54. The maximum Gasteiger partial charge on any atom is 0.200 e. The fourth-order valence-corrected chi connectivity index (χ4v) is 4.70. The summed E-state index contributed by atoms with van der Waals surface area (Å²) < 4.78 is 12.2. The monoisotopic (exact) mass is 290 g/mol. The lowest BCUT2D eigenvalue weighted by Crippen LogP contribution is -2.08. The maximum absolute atomic E-state index is 12.2. The van der Waals surface area contributed by atoms with Gasteiger partial charge < -0.3 is 4.89 Å². The highest BCUT2D eigenvalue weighted by atomic mass is 31.2. The summed E-state index contributed by atoms with van der Waals surface area (Å²) in [7, 11) is -2.86. The molecule has 19 heavy (non-hydrogen) atoms. The second-order valence-electron chi connectivity index (χ2n) is 5.94. The molecule has 0 bridgehead atoms. The molecule has 1 N–H and O–H groups in total. The molecule has 116 valence electrons. The van der Waals surface area contributed by atoms with Crippen LogP contribution in [-0.4, -0.2) is 17.2 Å². The van der Waals surface area contributed by atoms with Crippen molar-refractivity contribution in [3.63, 3.8) is 0 Å². The summed E-state index contributed by atoms with van der Waals surface area (Å²) in [5.41, 5.74) is 0. The zero-order chi connectivity index (χ0) is 14.6. The smallest absolute Gasteiger partial charge is 0.200 e. The first-order valence-electron chi connectivity index (χ1n) is 8.36. The third-order valence-corrected chi connectivity index (χ3v) is 6.05. The Labute approximate surface area is 120 Å². The Kier molecular flexibility index (Phi) is 12.1. The molecular formula is C16H35O2P. The predicted octanol–water partition coefficient (Wildman–Crippen LogP) is 5.83. The molecule has 0 amide bonds. The van der Waals surface area contributed by atoms with Crippen LogP contribution in [0.15, 0.2) is 0 Å². The molecule has 0 rings (SSSR count). The van der Waals surface area contributed by atoms with Gasteiger partial charge in [-0.1, -0.05) is 72.1 Å². The zero-order valence-electron chi connectivity index (χ0n) is 13.4. The fourth-order valence-electron chi connectivity index (χ4n) is 2.55. The molecule has 0 radical (unpaired) electrons. The molecule has 2 unspecified atom stereocenters. The van der Waals surface area contributed by atoms with Gasteiger partial charge in [0.15, 0.2) is 0 Å². The van der Waals surface area contributed by atoms with E-state index in [2.05, 4.69) is 20.8 Å². The van der Waals surface area contributed by atoms with Crippen LogP contribution in [0.4, 0.5) is 0 Å². The topological polar surface area (TPSA) is 37.3 Å². The third kappa shape index (κ3) is 11.7. The van der Waals surface area contributed by atoms with Crippen LogP contribution in [0, 0.1) is 5.92 Å². The lowest BCUT2D eigenvalue weighted by atomic mass is 10.0. The summed E-state index contributed by atoms with van der Waals surface area (Å²) in [5, 5.41) is 0. The van der Waals surface area contributed by atoms with E-state index >= 15 is 0 Å². The van der Waals surface area contributed by atoms with Crippen LogP contribution in [0.1, 0.15) is 85.0 Å². The van der Waals surface area contributed by atoms with Crippen molar-refractivity contribution >= 4 is 7.37 Å². The molecule has 0 saturated carbocycles. The lowest BCUT2D eigenvalue weighted by molar-refractivity contribution is 0.435. The molecule has 0 spiro atoms. The number of rotatable bonds is 13. The van der Waals surface area contributed by atoms with Crippen molar-refractivity contribution < 1.29 is 9.46 Å². The zero-order valence-corrected chi connectivity index (χ0v) is 14.3. The fraction of sp³-hybridized carbons (Fsp3) is 1.00. The molecule has 2 nitrogen and oxygen atoms in total. The summed E-state index contributed by atoms with van der Waals surface area (Å²) >= 11 is 0. The molecule has 0 aliphatic rings. The molecule has 0 aliphatic heterocycles. The van der Waals surface area contributed by atoms with E-state index in [1.807, 2.05) is 0 Å². The van der Waals surface area contributed by atoms with Crippen LogP contribution in [0.25, 0.3) is 0 Å². The minimum absolute atomic E-state index is 0.455. The van der Waals surface area contributed by atoms with Crippen LogP contribution >= 0.6 is 7.37 Å². The van der Waals surface area contributed by atoms with Crippen molar-refractivity contribution in [2.75, 3.05) is 12.3 Å². The van der Waals surface area contributed by atoms with Crippen molar-refractivity contribution in [3.8, 4) is 0 Å². The minimum Gasteiger partial charge on any atom is -0.344 e. The van der Waals surface area contributed by atoms with E-state index in [1.54, 1.807) is 0 Å². The molecule has 0 aromatic carbocycles. The molecule has 0 aromatic rings. The Morgan fingerprint density at radius 2 is 1.47 bits per heavy atom. The lowest BCUT2D eigenvalue weighted by Gasteiger charge is -2.19. The van der Waals surface area contributed by atoms with Gasteiger partial charge in [0.05, 0.1) is 0 Å². The van der Waals surface area contributed by atoms with Crippen LogP contribution in [0.5, 0.6) is 0 Å². The first-order valence-corrected chi connectivity index (χ1v) is 10.4. The average molecular weight is 290 g/mol. The Morgan fingerprint density at radius 1 is 0.895 bits per heavy atom. The Bertz CT molecular complexity index is 241. The van der Waals surface area contributed by atoms with Crippen LogP contribution in [0.2, 0.25) is 0 Å². The van der Waals surface area contributed by atoms with Crippen molar-refractivity contribution in [3.05, 3.63) is 0 Å². The van der Waals surface area contributed by atoms with Gasteiger partial charge in [-0.05, 0) is 18.8 Å². The molecule has 0 aliphatic carbocycles. The normalized spacial score (nSPS) is 16.2. The molecule has 0 fully saturated rings. The Morgan fingerprint density at radius 3 is 2.05 bits per heavy atom. The van der Waals surface area contributed by atoms with Crippen LogP contribution in [0.3, 0.4) is 0 Å². The quantitative estimate of drug-likeness (QED) is 0.342. The van der Waals surface area contributed by atoms with Gasteiger partial charge in [-0.25, -0.2) is 0 Å². The van der Waals surface area contributed by atoms with E-state index in [0.29, 0.717) is 18.2 Å². The standard InChI is InChI=1S/C16H35O2P/c1-4-7-9-10-11-12-14-19(17,18)15-16(6-3)13-8-5-2/h16H,4-15H2,1-3H3,(H,17,18). The number of hydrogen-bond acceptors (Lipinski definition) is 1. The second-order valence-corrected chi connectivity index (χ2v) is 8.44. The van der Waals surface area contributed by atoms with Crippen molar-refractivity contribution in [1.82, 2.24) is 0 Å². The van der Waals surface area contributed by atoms with Gasteiger partial charge in [0.25, 0.3) is 0 Å². The highest BCUT2D eigenvalue weighted by molar-refractivity contribution is 7.57. The summed E-state index contributed by atoms with van der Waals surface area (Å²) in [5.74, 6) is 0.455. The van der Waals surface area contributed by atoms with E-state index in [0.717, 1.165) is 25.7 Å². The first kappa shape index (κ1) is 19.2. The van der Waals surface area contributed by atoms with Gasteiger partial charge in [0.2, 0.25) is 7.37 Å². The second kappa shape index (κ2) is 12.0. The van der Waals surface area contributed by atoms with Gasteiger partial charge in [0, 0.05) is 12.3 Å². The van der Waals surface area contributed by atoms with Crippen LogP contribution < -0.4 is 0 Å². The molecule has 3 heteroatoms. The molecule has 0 saturated heterocycles. The summed E-state index contributed by atoms with van der Waals surface area (Å²) in [4.78, 5) is 10.1. The minimum atomic E-state index is -2.86. The van der Waals surface area contributed by atoms with Crippen molar-refractivity contribution in [1.29, 1.82) is 0 Å². The van der Waals surface area contributed by atoms with Gasteiger partial charge in [0.1, 0.15) is 0 Å². The Balaban J connectivity index is 3.79. The molecule has 0 heterocycles. The third-order valence-electron chi connectivity index (χ3n) is 3.95. The average Bonchev–Trinajstić information content (AvgIpc) is 2.38. The van der Waals surface area contributed by atoms with E-state index in [1.165, 1.54) is 38.5 Å². The van der Waals surface area contributed by atoms with Gasteiger partial charge >= 0.3 is 0 Å². The maximum atomic E-state index is 12.2. The highest BCUT2D eigenvalue weighted by Crippen LogP contribution is 2.45. The number of unbranched alkanes of at least 4 members (excludes halogenated alkanes) is 6. The van der Waals surface area contributed by atoms with Crippen LogP contribution in [-0.2, 0) is 4.57 Å². The van der Waals surface area contributed by atoms with Crippen molar-refractivity contribution in [2.45, 2.75) is 85.0 Å². The largest absolute Gasteiger partial charge is 0.344 e. The van der Waals surface area contributed by atoms with Gasteiger partial charge in [-0.15, -0.1) is 0 Å². The summed E-state index contributed by atoms with van der Waals surface area (Å²) in [6.07, 6.45) is 12.7. The summed E-state index contributed by atoms with van der Waals surface area (Å²) in [6, 6.07) is 0. The Hall–Kier alpha value is 0.190. The highest BCUT2D eigenvalue weighted by Gasteiger charge is 2.22. The van der Waals surface area contributed by atoms with E-state index in [-0.39, 0.29) is 0 Å². The molecule has 0 aromatic heterocycles. The molecule has 2 atom stereocenters. The van der Waals surface area contributed by atoms with E-state index in [9.17, 15) is 9.46 Å². The molecular weight excluding hydrogens is 255 g/mol. The van der Waals surface area contributed by atoms with E-state index < -0.39 is 7.37 Å². The van der Waals surface area contributed by atoms with Gasteiger partial charge in [-0.3, -0.25) is 4.57 Å². The number of hydrogen-bond donors (Lipinski definition) is 1. The first-order chi connectivity index (χ1) is 9.05. The SMILES string of the molecule is CCCCCCCCP(=O)(O)CC(CC)CCCC. The van der Waals surface area contributed by atoms with Gasteiger partial charge in [-0.2, -0.15) is 0 Å². The van der Waals surface area contributed by atoms with Crippen molar-refractivity contribution in [2.24, 2.45) is 5.92 Å².